The molecule has 0 saturated carbocycles. The Kier molecular flexibility index (Phi) is 3.63. The topological polar surface area (TPSA) is 84.7 Å². The number of rotatable bonds is 4. The molecule has 4 N–H and O–H groups in total. The van der Waals surface area contributed by atoms with E-state index in [9.17, 15) is 4.79 Å². The number of hydrogen-bond donors (Lipinski definition) is 2. The Hall–Kier alpha value is -1.88. The lowest BCUT2D eigenvalue weighted by Gasteiger charge is -2.12. The molecule has 0 aliphatic rings. The van der Waals surface area contributed by atoms with Crippen LogP contribution in [0.5, 0.6) is 0 Å². The molecule has 1 aromatic rings. The van der Waals surface area contributed by atoms with Gasteiger partial charge in [0.25, 0.3) is 0 Å². The van der Waals surface area contributed by atoms with Gasteiger partial charge in [0.05, 0.1) is 5.69 Å². The second-order valence-corrected chi connectivity index (χ2v) is 2.71. The van der Waals surface area contributed by atoms with Crippen LogP contribution >= 0.6 is 0 Å². The summed E-state index contributed by atoms with van der Waals surface area (Å²) in [5.41, 5.74) is 1.64. The number of aldehydes is 1. The highest BCUT2D eigenvalue weighted by atomic mass is 16.1. The van der Waals surface area contributed by atoms with E-state index >= 15 is 0 Å². The summed E-state index contributed by atoms with van der Waals surface area (Å²) in [6, 6.07) is 7.27. The first-order valence-electron chi connectivity index (χ1n) is 4.08. The predicted molar refractivity (Wildman–Crippen MR) is 55.6 cm³/mol. The lowest BCUT2D eigenvalue weighted by Crippen LogP contribution is -2.29. The molecule has 1 aromatic carbocycles. The third-order valence-corrected chi connectivity index (χ3v) is 1.72. The quantitative estimate of drug-likeness (QED) is 0.231. The fourth-order valence-corrected chi connectivity index (χ4v) is 1.08. The first kappa shape index (κ1) is 10.2. The van der Waals surface area contributed by atoms with Crippen molar-refractivity contribution in [3.8, 4) is 0 Å². The lowest BCUT2D eigenvalue weighted by molar-refractivity contribution is -0.107. The van der Waals surface area contributed by atoms with E-state index in [4.69, 9.17) is 11.7 Å². The zero-order chi connectivity index (χ0) is 10.4. The van der Waals surface area contributed by atoms with Crippen LogP contribution in [-0.4, -0.2) is 12.6 Å². The second kappa shape index (κ2) is 4.98. The van der Waals surface area contributed by atoms with Gasteiger partial charge in [0.15, 0.2) is 0 Å². The Morgan fingerprint density at radius 2 is 2.29 bits per heavy atom. The van der Waals surface area contributed by atoms with Gasteiger partial charge in [0, 0.05) is 6.42 Å². The maximum atomic E-state index is 10.3. The summed E-state index contributed by atoms with van der Waals surface area (Å²) in [4.78, 5) is 10.3. The van der Waals surface area contributed by atoms with Crippen LogP contribution in [-0.2, 0) is 11.2 Å². The molecule has 0 amide bonds. The minimum absolute atomic E-state index is 0.376. The van der Waals surface area contributed by atoms with Crippen molar-refractivity contribution in [2.45, 2.75) is 6.42 Å². The smallest absolute Gasteiger partial charge is 0.129 e. The normalized spacial score (nSPS) is 10.4. The molecule has 14 heavy (non-hydrogen) atoms. The van der Waals surface area contributed by atoms with Gasteiger partial charge in [-0.25, -0.2) is 5.84 Å². The minimum atomic E-state index is 0.376. The van der Waals surface area contributed by atoms with E-state index in [-0.39, 0.29) is 0 Å². The first-order valence-corrected chi connectivity index (χ1v) is 4.08. The number of hydrazone groups is 1. The highest BCUT2D eigenvalue weighted by molar-refractivity contribution is 5.77. The molecule has 0 radical (unpaired) electrons. The number of nitrogens with two attached hydrogens (primary N) is 2. The van der Waals surface area contributed by atoms with E-state index in [2.05, 4.69) is 5.10 Å². The summed E-state index contributed by atoms with van der Waals surface area (Å²) in [7, 11) is 0. The standard InChI is InChI=1S/C9H12N4O/c10-12-7-13(11)9-3-1-2-8(6-9)4-5-14/h1-3,5-7H,4,10-11H2/b12-7-. The number of hydrazine groups is 1. The third-order valence-electron chi connectivity index (χ3n) is 1.72. The Morgan fingerprint density at radius 1 is 1.50 bits per heavy atom. The molecular formula is C9H12N4O. The van der Waals surface area contributed by atoms with E-state index in [0.29, 0.717) is 6.42 Å². The molecular weight excluding hydrogens is 180 g/mol. The van der Waals surface area contributed by atoms with Crippen molar-refractivity contribution in [3.63, 3.8) is 0 Å². The summed E-state index contributed by atoms with van der Waals surface area (Å²) in [6.45, 7) is 0. The molecule has 0 bridgehead atoms. The van der Waals surface area contributed by atoms with Crippen LogP contribution in [0, 0.1) is 0 Å². The lowest BCUT2D eigenvalue weighted by atomic mass is 10.1. The van der Waals surface area contributed by atoms with Gasteiger partial charge < -0.3 is 10.6 Å². The molecule has 74 valence electrons. The number of nitrogens with zero attached hydrogens (tertiary/aromatic N) is 2. The molecule has 0 aromatic heterocycles. The van der Waals surface area contributed by atoms with Gasteiger partial charge in [-0.05, 0) is 17.7 Å². The van der Waals surface area contributed by atoms with Gasteiger partial charge in [-0.15, -0.1) is 0 Å². The summed E-state index contributed by atoms with van der Waals surface area (Å²) >= 11 is 0. The minimum Gasteiger partial charge on any atom is -0.322 e. The molecule has 0 fully saturated rings. The number of benzene rings is 1. The maximum Gasteiger partial charge on any atom is 0.129 e. The summed E-state index contributed by atoms with van der Waals surface area (Å²) < 4.78 is 0. The van der Waals surface area contributed by atoms with Crippen LogP contribution in [0.25, 0.3) is 0 Å². The van der Waals surface area contributed by atoms with Crippen molar-refractivity contribution < 1.29 is 4.79 Å². The number of carbonyl (C=O) groups is 1. The van der Waals surface area contributed by atoms with Crippen LogP contribution in [0.15, 0.2) is 29.4 Å². The first-order chi connectivity index (χ1) is 6.77. The molecule has 0 heterocycles. The number of hydrogen-bond acceptors (Lipinski definition) is 4. The second-order valence-electron chi connectivity index (χ2n) is 2.71. The number of carbonyl (C=O) groups excluding carboxylic acids is 1. The molecule has 5 heteroatoms. The van der Waals surface area contributed by atoms with E-state index in [0.717, 1.165) is 17.5 Å². The van der Waals surface area contributed by atoms with E-state index in [1.165, 1.54) is 11.3 Å². The largest absolute Gasteiger partial charge is 0.322 e. The zero-order valence-electron chi connectivity index (χ0n) is 7.63. The third kappa shape index (κ3) is 2.56. The van der Waals surface area contributed by atoms with Gasteiger partial charge >= 0.3 is 0 Å². The Balaban J connectivity index is 2.87. The average molecular weight is 192 g/mol. The van der Waals surface area contributed by atoms with E-state index in [1.807, 2.05) is 12.1 Å². The molecule has 0 unspecified atom stereocenters. The SMILES string of the molecule is N/N=C\N(N)c1cccc(CC=O)c1. The highest BCUT2D eigenvalue weighted by Crippen LogP contribution is 2.12. The molecule has 0 spiro atoms. The monoisotopic (exact) mass is 192 g/mol. The molecule has 0 atom stereocenters. The van der Waals surface area contributed by atoms with Crippen LogP contribution in [0.1, 0.15) is 5.56 Å². The summed E-state index contributed by atoms with van der Waals surface area (Å²) in [6.07, 6.45) is 2.51. The molecule has 1 rings (SSSR count). The molecule has 5 nitrogen and oxygen atoms in total. The van der Waals surface area contributed by atoms with E-state index in [1.54, 1.807) is 12.1 Å². The summed E-state index contributed by atoms with van der Waals surface area (Å²) in [5, 5.41) is 4.58. The zero-order valence-corrected chi connectivity index (χ0v) is 7.63. The average Bonchev–Trinajstić information content (AvgIpc) is 2.19. The maximum absolute atomic E-state index is 10.3. The van der Waals surface area contributed by atoms with Crippen LogP contribution in [0.3, 0.4) is 0 Å². The molecule has 0 aliphatic carbocycles. The van der Waals surface area contributed by atoms with Gasteiger partial charge in [-0.1, -0.05) is 12.1 Å². The Bertz CT molecular complexity index is 337. The van der Waals surface area contributed by atoms with Gasteiger partial charge in [-0.3, -0.25) is 5.01 Å². The number of anilines is 1. The van der Waals surface area contributed by atoms with Crippen molar-refractivity contribution >= 4 is 18.3 Å². The van der Waals surface area contributed by atoms with Gasteiger partial charge in [0.2, 0.25) is 0 Å². The van der Waals surface area contributed by atoms with Crippen molar-refractivity contribution in [3.05, 3.63) is 29.8 Å². The fourth-order valence-electron chi connectivity index (χ4n) is 1.08. The van der Waals surface area contributed by atoms with Gasteiger partial charge in [-0.2, -0.15) is 5.10 Å². The molecule has 0 aliphatic heterocycles. The van der Waals surface area contributed by atoms with Crippen LogP contribution in [0.4, 0.5) is 5.69 Å². The predicted octanol–water partition coefficient (Wildman–Crippen LogP) is 0.0101. The van der Waals surface area contributed by atoms with Crippen molar-refractivity contribution in [1.29, 1.82) is 0 Å². The Morgan fingerprint density at radius 3 is 2.93 bits per heavy atom. The van der Waals surface area contributed by atoms with Crippen molar-refractivity contribution in [1.82, 2.24) is 0 Å². The van der Waals surface area contributed by atoms with Crippen LogP contribution in [0.2, 0.25) is 0 Å². The molecule has 0 saturated heterocycles. The highest BCUT2D eigenvalue weighted by Gasteiger charge is 1.99. The van der Waals surface area contributed by atoms with E-state index < -0.39 is 0 Å². The van der Waals surface area contributed by atoms with Gasteiger partial charge in [0.1, 0.15) is 12.6 Å². The summed E-state index contributed by atoms with van der Waals surface area (Å²) in [5.74, 6) is 10.5. The van der Waals surface area contributed by atoms with Crippen molar-refractivity contribution in [2.24, 2.45) is 16.8 Å². The fraction of sp³-hybridized carbons (Fsp3) is 0.111. The Labute approximate surface area is 82.0 Å². The van der Waals surface area contributed by atoms with Crippen molar-refractivity contribution in [2.75, 3.05) is 5.01 Å². The van der Waals surface area contributed by atoms with Crippen LogP contribution < -0.4 is 16.7 Å².